The van der Waals surface area contributed by atoms with Gasteiger partial charge >= 0.3 is 6.03 Å². The molecule has 9 heteroatoms. The molecule has 0 saturated heterocycles. The molecule has 1 heterocycles. The SMILES string of the molecule is Cc1cc(NC(=O)NNc2ccc(N(CCCl)CCCl)cc2)c2cc(N(C)C)ccc2n1. The summed E-state index contributed by atoms with van der Waals surface area (Å²) in [5.74, 6) is 1.05. The number of anilines is 4. The molecule has 32 heavy (non-hydrogen) atoms. The van der Waals surface area contributed by atoms with Crippen LogP contribution in [0, 0.1) is 6.92 Å². The van der Waals surface area contributed by atoms with Gasteiger partial charge in [-0.25, -0.2) is 4.79 Å². The predicted octanol–water partition coefficient (Wildman–Crippen LogP) is 5.04. The van der Waals surface area contributed by atoms with Gasteiger partial charge < -0.3 is 15.1 Å². The van der Waals surface area contributed by atoms with Crippen LogP contribution in [0.3, 0.4) is 0 Å². The van der Waals surface area contributed by atoms with E-state index >= 15 is 0 Å². The van der Waals surface area contributed by atoms with Crippen LogP contribution in [0.25, 0.3) is 10.9 Å². The van der Waals surface area contributed by atoms with E-state index in [1.807, 2.05) is 74.4 Å². The maximum atomic E-state index is 12.6. The highest BCUT2D eigenvalue weighted by Gasteiger charge is 2.10. The number of alkyl halides is 2. The molecule has 0 spiro atoms. The number of aryl methyl sites for hydroxylation is 1. The summed E-state index contributed by atoms with van der Waals surface area (Å²) in [4.78, 5) is 21.2. The largest absolute Gasteiger partial charge is 0.378 e. The monoisotopic (exact) mass is 474 g/mol. The first-order valence-corrected chi connectivity index (χ1v) is 11.4. The van der Waals surface area contributed by atoms with Crippen LogP contribution in [0.2, 0.25) is 0 Å². The zero-order valence-electron chi connectivity index (χ0n) is 18.5. The molecule has 0 aliphatic heterocycles. The molecule has 3 aromatic rings. The third kappa shape index (κ3) is 6.08. The Bertz CT molecular complexity index is 1050. The lowest BCUT2D eigenvalue weighted by molar-refractivity contribution is 0.254. The minimum absolute atomic E-state index is 0.373. The molecule has 2 amide bonds. The molecule has 0 saturated carbocycles. The summed E-state index contributed by atoms with van der Waals surface area (Å²) < 4.78 is 0. The minimum Gasteiger partial charge on any atom is -0.378 e. The van der Waals surface area contributed by atoms with Crippen molar-refractivity contribution in [2.24, 2.45) is 0 Å². The number of rotatable bonds is 9. The third-order valence-corrected chi connectivity index (χ3v) is 5.28. The Hall–Kier alpha value is -2.90. The van der Waals surface area contributed by atoms with Crippen molar-refractivity contribution in [3.63, 3.8) is 0 Å². The van der Waals surface area contributed by atoms with Crippen LogP contribution in [0.15, 0.2) is 48.5 Å². The number of nitrogens with zero attached hydrogens (tertiary/aromatic N) is 3. The molecule has 2 aromatic carbocycles. The van der Waals surface area contributed by atoms with E-state index in [0.29, 0.717) is 17.4 Å². The molecule has 3 N–H and O–H groups in total. The summed E-state index contributed by atoms with van der Waals surface area (Å²) in [6.07, 6.45) is 0. The molecule has 0 radical (unpaired) electrons. The number of halogens is 2. The lowest BCUT2D eigenvalue weighted by Gasteiger charge is -2.23. The van der Waals surface area contributed by atoms with Crippen molar-refractivity contribution >= 4 is 62.9 Å². The van der Waals surface area contributed by atoms with Crippen molar-refractivity contribution in [1.82, 2.24) is 10.4 Å². The van der Waals surface area contributed by atoms with E-state index < -0.39 is 0 Å². The van der Waals surface area contributed by atoms with Crippen molar-refractivity contribution in [3.8, 4) is 0 Å². The fourth-order valence-corrected chi connectivity index (χ4v) is 3.75. The number of carbonyl (C=O) groups is 1. The van der Waals surface area contributed by atoms with Gasteiger partial charge in [-0.1, -0.05) is 0 Å². The summed E-state index contributed by atoms with van der Waals surface area (Å²) in [5.41, 5.74) is 10.8. The number of fused-ring (bicyclic) bond motifs is 1. The maximum absolute atomic E-state index is 12.6. The fourth-order valence-electron chi connectivity index (χ4n) is 3.34. The summed E-state index contributed by atoms with van der Waals surface area (Å²) in [6, 6.07) is 15.2. The van der Waals surface area contributed by atoms with Gasteiger partial charge in [0.15, 0.2) is 0 Å². The van der Waals surface area contributed by atoms with E-state index in [-0.39, 0.29) is 6.03 Å². The zero-order valence-corrected chi connectivity index (χ0v) is 20.0. The number of nitrogens with one attached hydrogen (secondary N) is 3. The number of hydrazine groups is 1. The van der Waals surface area contributed by atoms with Crippen molar-refractivity contribution < 1.29 is 4.79 Å². The van der Waals surface area contributed by atoms with Crippen LogP contribution < -0.4 is 26.0 Å². The first-order chi connectivity index (χ1) is 15.4. The summed E-state index contributed by atoms with van der Waals surface area (Å²) in [5, 5.41) is 3.79. The van der Waals surface area contributed by atoms with Crippen LogP contribution in [-0.4, -0.2) is 50.0 Å². The van der Waals surface area contributed by atoms with E-state index in [1.165, 1.54) is 0 Å². The van der Waals surface area contributed by atoms with Gasteiger partial charge in [-0.15, -0.1) is 23.2 Å². The fraction of sp³-hybridized carbons (Fsp3) is 0.304. The number of aromatic nitrogens is 1. The number of pyridine rings is 1. The number of hydrogen-bond donors (Lipinski definition) is 3. The van der Waals surface area contributed by atoms with Crippen LogP contribution >= 0.6 is 23.2 Å². The minimum atomic E-state index is -0.373. The molecule has 1 aromatic heterocycles. The third-order valence-electron chi connectivity index (χ3n) is 4.95. The molecular formula is C23H28Cl2N6O. The van der Waals surface area contributed by atoms with E-state index in [2.05, 4.69) is 26.1 Å². The Morgan fingerprint density at radius 2 is 1.62 bits per heavy atom. The molecule has 3 rings (SSSR count). The second-order valence-corrected chi connectivity index (χ2v) is 8.28. The lowest BCUT2D eigenvalue weighted by Crippen LogP contribution is -2.33. The van der Waals surface area contributed by atoms with Crippen molar-refractivity contribution in [3.05, 3.63) is 54.2 Å². The van der Waals surface area contributed by atoms with Gasteiger partial charge in [-0.05, 0) is 55.5 Å². The Morgan fingerprint density at radius 1 is 0.969 bits per heavy atom. The van der Waals surface area contributed by atoms with E-state index in [9.17, 15) is 4.79 Å². The molecule has 0 bridgehead atoms. The van der Waals surface area contributed by atoms with E-state index in [4.69, 9.17) is 23.2 Å². The van der Waals surface area contributed by atoms with Crippen LogP contribution in [0.1, 0.15) is 5.69 Å². The Labute approximate surface area is 198 Å². The van der Waals surface area contributed by atoms with Gasteiger partial charge in [0.1, 0.15) is 0 Å². The zero-order chi connectivity index (χ0) is 23.1. The molecule has 0 aliphatic carbocycles. The van der Waals surface area contributed by atoms with Gasteiger partial charge in [0.05, 0.1) is 16.9 Å². The second kappa shape index (κ2) is 11.1. The van der Waals surface area contributed by atoms with Gasteiger partial charge in [-0.2, -0.15) is 0 Å². The number of carbonyl (C=O) groups excluding carboxylic acids is 1. The van der Waals surface area contributed by atoms with E-state index in [1.54, 1.807) is 0 Å². The number of benzene rings is 2. The Kier molecular flexibility index (Phi) is 8.25. The number of amides is 2. The molecule has 0 fully saturated rings. The molecular weight excluding hydrogens is 447 g/mol. The average Bonchev–Trinajstić information content (AvgIpc) is 2.77. The van der Waals surface area contributed by atoms with Crippen molar-refractivity contribution in [1.29, 1.82) is 0 Å². The molecule has 7 nitrogen and oxygen atoms in total. The first kappa shape index (κ1) is 23.8. The van der Waals surface area contributed by atoms with Crippen molar-refractivity contribution in [2.75, 3.05) is 59.5 Å². The number of urea groups is 1. The molecule has 0 atom stereocenters. The first-order valence-electron chi connectivity index (χ1n) is 10.3. The molecule has 0 unspecified atom stereocenters. The molecule has 0 aliphatic rings. The summed E-state index contributed by atoms with van der Waals surface area (Å²) in [6.45, 7) is 3.34. The summed E-state index contributed by atoms with van der Waals surface area (Å²) in [7, 11) is 3.95. The van der Waals surface area contributed by atoms with Crippen LogP contribution in [0.4, 0.5) is 27.5 Å². The highest BCUT2D eigenvalue weighted by Crippen LogP contribution is 2.27. The van der Waals surface area contributed by atoms with E-state index in [0.717, 1.165) is 46.7 Å². The number of hydrogen-bond acceptors (Lipinski definition) is 5. The normalized spacial score (nSPS) is 10.7. The topological polar surface area (TPSA) is 72.5 Å². The highest BCUT2D eigenvalue weighted by molar-refractivity contribution is 6.18. The Morgan fingerprint density at radius 3 is 2.25 bits per heavy atom. The van der Waals surface area contributed by atoms with Gasteiger partial charge in [0, 0.05) is 61.4 Å². The smallest absolute Gasteiger partial charge is 0.337 e. The van der Waals surface area contributed by atoms with Crippen molar-refractivity contribution in [2.45, 2.75) is 6.92 Å². The van der Waals surface area contributed by atoms with Gasteiger partial charge in [0.2, 0.25) is 0 Å². The standard InChI is InChI=1S/C23H28Cl2N6O/c1-16-14-22(20-15-19(30(2)3)8-9-21(20)26-16)27-23(32)29-28-17-4-6-18(7-5-17)31(12-10-24)13-11-25/h4-9,14-15,28H,10-13H2,1-3H3,(H2,26,27,29,32). The maximum Gasteiger partial charge on any atom is 0.337 e. The average molecular weight is 475 g/mol. The van der Waals surface area contributed by atoms with Crippen LogP contribution in [0.5, 0.6) is 0 Å². The quantitative estimate of drug-likeness (QED) is 0.299. The summed E-state index contributed by atoms with van der Waals surface area (Å²) >= 11 is 11.8. The Balaban J connectivity index is 1.67. The second-order valence-electron chi connectivity index (χ2n) is 7.52. The molecule has 170 valence electrons. The highest BCUT2D eigenvalue weighted by atomic mass is 35.5. The lowest BCUT2D eigenvalue weighted by atomic mass is 10.1. The van der Waals surface area contributed by atoms with Crippen LogP contribution in [-0.2, 0) is 0 Å². The predicted molar refractivity (Wildman–Crippen MR) is 137 cm³/mol. The van der Waals surface area contributed by atoms with Gasteiger partial charge in [-0.3, -0.25) is 15.8 Å². The van der Waals surface area contributed by atoms with Gasteiger partial charge in [0.25, 0.3) is 0 Å².